The maximum absolute atomic E-state index is 11.1. The quantitative estimate of drug-likeness (QED) is 0.406. The van der Waals surface area contributed by atoms with Crippen LogP contribution in [0.5, 0.6) is 0 Å². The lowest BCUT2D eigenvalue weighted by molar-refractivity contribution is 0.00790. The Morgan fingerprint density at radius 1 is 1.00 bits per heavy atom. The van der Waals surface area contributed by atoms with E-state index in [4.69, 9.17) is 8.92 Å². The van der Waals surface area contributed by atoms with E-state index in [1.54, 1.807) is 0 Å². The molecule has 2 aromatic carbocycles. The zero-order valence-electron chi connectivity index (χ0n) is 16.2. The van der Waals surface area contributed by atoms with E-state index in [0.717, 1.165) is 17.4 Å². The van der Waals surface area contributed by atoms with E-state index in [1.165, 1.54) is 0 Å². The molecule has 0 radical (unpaired) electrons. The Kier molecular flexibility index (Phi) is 9.60. The topological polar surface area (TPSA) is 76.1 Å². The zero-order chi connectivity index (χ0) is 20.2. The molecule has 0 aliphatic heterocycles. The van der Waals surface area contributed by atoms with Crippen LogP contribution in [0.2, 0.25) is 0 Å². The van der Waals surface area contributed by atoms with Gasteiger partial charge in [0.15, 0.2) is 0 Å². The van der Waals surface area contributed by atoms with Crippen molar-refractivity contribution >= 4 is 10.1 Å². The Morgan fingerprint density at radius 2 is 1.61 bits per heavy atom. The molecule has 1 N–H and O–H groups in total. The lowest BCUT2D eigenvalue weighted by Crippen LogP contribution is -2.35. The van der Waals surface area contributed by atoms with Crippen molar-refractivity contribution in [1.82, 2.24) is 4.90 Å². The standard InChI is InChI=1S/C21H29NO5S/c1-28(24,25)27-14-8-13-22(15-19-9-4-2-5-10-19)16-21(23)18-26-17-20-11-6-3-7-12-20/h2-7,9-12,21,23H,8,13-18H2,1H3/t21-/m1/s1. The molecule has 1 atom stereocenters. The van der Waals surface area contributed by atoms with Gasteiger partial charge in [-0.25, -0.2) is 0 Å². The first-order valence-electron chi connectivity index (χ1n) is 9.33. The normalized spacial score (nSPS) is 13.0. The average Bonchev–Trinajstić information content (AvgIpc) is 2.66. The third-order valence-corrected chi connectivity index (χ3v) is 4.65. The van der Waals surface area contributed by atoms with Crippen LogP contribution >= 0.6 is 0 Å². The summed E-state index contributed by atoms with van der Waals surface area (Å²) >= 11 is 0. The molecule has 154 valence electrons. The second kappa shape index (κ2) is 11.9. The van der Waals surface area contributed by atoms with E-state index in [0.29, 0.717) is 32.7 Å². The summed E-state index contributed by atoms with van der Waals surface area (Å²) < 4.78 is 32.6. The van der Waals surface area contributed by atoms with Gasteiger partial charge in [-0.1, -0.05) is 60.7 Å². The fourth-order valence-electron chi connectivity index (χ4n) is 2.81. The zero-order valence-corrected chi connectivity index (χ0v) is 17.1. The Balaban J connectivity index is 1.81. The lowest BCUT2D eigenvalue weighted by atomic mass is 10.2. The summed E-state index contributed by atoms with van der Waals surface area (Å²) in [5, 5.41) is 10.4. The molecule has 0 amide bonds. The highest BCUT2D eigenvalue weighted by Gasteiger charge is 2.13. The summed E-state index contributed by atoms with van der Waals surface area (Å²) in [4.78, 5) is 2.08. The summed E-state index contributed by atoms with van der Waals surface area (Å²) in [6.45, 7) is 2.53. The molecule has 2 aromatic rings. The molecule has 0 aliphatic carbocycles. The van der Waals surface area contributed by atoms with Gasteiger partial charge in [-0.15, -0.1) is 0 Å². The van der Waals surface area contributed by atoms with Crippen molar-refractivity contribution in [3.8, 4) is 0 Å². The van der Waals surface area contributed by atoms with Crippen molar-refractivity contribution in [2.45, 2.75) is 25.7 Å². The van der Waals surface area contributed by atoms with E-state index in [1.807, 2.05) is 60.7 Å². The van der Waals surface area contributed by atoms with Crippen molar-refractivity contribution in [1.29, 1.82) is 0 Å². The Hall–Kier alpha value is -1.77. The molecular formula is C21H29NO5S. The summed E-state index contributed by atoms with van der Waals surface area (Å²) in [6, 6.07) is 19.8. The molecule has 6 nitrogen and oxygen atoms in total. The van der Waals surface area contributed by atoms with Gasteiger partial charge < -0.3 is 9.84 Å². The first-order valence-corrected chi connectivity index (χ1v) is 11.1. The summed E-state index contributed by atoms with van der Waals surface area (Å²) in [7, 11) is -3.43. The van der Waals surface area contributed by atoms with Crippen LogP contribution in [0.4, 0.5) is 0 Å². The van der Waals surface area contributed by atoms with Crippen molar-refractivity contribution in [3.63, 3.8) is 0 Å². The largest absolute Gasteiger partial charge is 0.389 e. The Labute approximate surface area is 167 Å². The maximum atomic E-state index is 11.1. The molecular weight excluding hydrogens is 378 g/mol. The molecule has 2 rings (SSSR count). The van der Waals surface area contributed by atoms with Crippen LogP contribution in [0.3, 0.4) is 0 Å². The minimum atomic E-state index is -3.43. The number of ether oxygens (including phenoxy) is 1. The van der Waals surface area contributed by atoms with Gasteiger partial charge in [0.1, 0.15) is 0 Å². The first kappa shape index (κ1) is 22.5. The SMILES string of the molecule is CS(=O)(=O)OCCCN(Cc1ccccc1)C[C@@H](O)COCc1ccccc1. The van der Waals surface area contributed by atoms with Gasteiger partial charge in [0, 0.05) is 19.6 Å². The maximum Gasteiger partial charge on any atom is 0.264 e. The van der Waals surface area contributed by atoms with Crippen molar-refractivity contribution in [2.75, 3.05) is 32.6 Å². The van der Waals surface area contributed by atoms with Crippen LogP contribution in [0.25, 0.3) is 0 Å². The smallest absolute Gasteiger partial charge is 0.264 e. The molecule has 0 spiro atoms. The minimum Gasteiger partial charge on any atom is -0.389 e. The molecule has 0 unspecified atom stereocenters. The van der Waals surface area contributed by atoms with E-state index in [9.17, 15) is 13.5 Å². The van der Waals surface area contributed by atoms with Gasteiger partial charge in [0.05, 0.1) is 32.2 Å². The summed E-state index contributed by atoms with van der Waals surface area (Å²) in [5.74, 6) is 0. The van der Waals surface area contributed by atoms with Crippen LogP contribution in [0.1, 0.15) is 17.5 Å². The summed E-state index contributed by atoms with van der Waals surface area (Å²) in [5.41, 5.74) is 2.19. The molecule has 28 heavy (non-hydrogen) atoms. The van der Waals surface area contributed by atoms with E-state index >= 15 is 0 Å². The third-order valence-electron chi connectivity index (χ3n) is 4.06. The fourth-order valence-corrected chi connectivity index (χ4v) is 3.23. The predicted octanol–water partition coefficient (Wildman–Crippen LogP) is 2.43. The monoisotopic (exact) mass is 407 g/mol. The van der Waals surface area contributed by atoms with E-state index in [2.05, 4.69) is 4.90 Å². The van der Waals surface area contributed by atoms with Crippen LogP contribution in [0.15, 0.2) is 60.7 Å². The average molecular weight is 408 g/mol. The van der Waals surface area contributed by atoms with Gasteiger partial charge >= 0.3 is 0 Å². The lowest BCUT2D eigenvalue weighted by Gasteiger charge is -2.25. The fraction of sp³-hybridized carbons (Fsp3) is 0.429. The Morgan fingerprint density at radius 3 is 2.21 bits per heavy atom. The second-order valence-electron chi connectivity index (χ2n) is 6.75. The van der Waals surface area contributed by atoms with Gasteiger partial charge in [-0.05, 0) is 17.5 Å². The minimum absolute atomic E-state index is 0.130. The van der Waals surface area contributed by atoms with Gasteiger partial charge in [0.25, 0.3) is 10.1 Å². The summed E-state index contributed by atoms with van der Waals surface area (Å²) in [6.07, 6.45) is 0.961. The highest BCUT2D eigenvalue weighted by molar-refractivity contribution is 7.85. The first-order chi connectivity index (χ1) is 13.4. The van der Waals surface area contributed by atoms with Crippen LogP contribution in [-0.4, -0.2) is 57.1 Å². The number of hydrogen-bond acceptors (Lipinski definition) is 6. The number of aliphatic hydroxyl groups excluding tert-OH is 1. The van der Waals surface area contributed by atoms with Gasteiger partial charge in [-0.3, -0.25) is 9.08 Å². The van der Waals surface area contributed by atoms with E-state index < -0.39 is 16.2 Å². The molecule has 0 fully saturated rings. The third kappa shape index (κ3) is 9.96. The number of aliphatic hydroxyl groups is 1. The molecule has 0 saturated heterocycles. The van der Waals surface area contributed by atoms with E-state index in [-0.39, 0.29) is 13.2 Å². The molecule has 0 aromatic heterocycles. The van der Waals surface area contributed by atoms with Crippen LogP contribution in [-0.2, 0) is 32.2 Å². The molecule has 7 heteroatoms. The molecule has 0 aliphatic rings. The Bertz CT molecular complexity index is 768. The number of hydrogen-bond donors (Lipinski definition) is 1. The van der Waals surface area contributed by atoms with Crippen LogP contribution < -0.4 is 0 Å². The van der Waals surface area contributed by atoms with Gasteiger partial charge in [0.2, 0.25) is 0 Å². The number of rotatable bonds is 13. The number of nitrogens with zero attached hydrogens (tertiary/aromatic N) is 1. The van der Waals surface area contributed by atoms with Crippen molar-refractivity contribution < 1.29 is 22.4 Å². The second-order valence-corrected chi connectivity index (χ2v) is 8.40. The van der Waals surface area contributed by atoms with Crippen molar-refractivity contribution in [3.05, 3.63) is 71.8 Å². The van der Waals surface area contributed by atoms with Crippen molar-refractivity contribution in [2.24, 2.45) is 0 Å². The highest BCUT2D eigenvalue weighted by atomic mass is 32.2. The predicted molar refractivity (Wildman–Crippen MR) is 109 cm³/mol. The molecule has 0 heterocycles. The molecule has 0 bridgehead atoms. The van der Waals surface area contributed by atoms with Crippen LogP contribution in [0, 0.1) is 0 Å². The number of benzene rings is 2. The highest BCUT2D eigenvalue weighted by Crippen LogP contribution is 2.08. The van der Waals surface area contributed by atoms with Gasteiger partial charge in [-0.2, -0.15) is 8.42 Å². The molecule has 0 saturated carbocycles.